The van der Waals surface area contributed by atoms with E-state index in [1.807, 2.05) is 0 Å². The van der Waals surface area contributed by atoms with Crippen LogP contribution in [0.5, 0.6) is 0 Å². The summed E-state index contributed by atoms with van der Waals surface area (Å²) in [5.41, 5.74) is 8.84. The molecule has 2 rings (SSSR count). The molecule has 1 heterocycles. The van der Waals surface area contributed by atoms with Gasteiger partial charge in [-0.25, -0.2) is 0 Å². The van der Waals surface area contributed by atoms with E-state index in [-0.39, 0.29) is 24.0 Å². The molecule has 1 aromatic rings. The lowest BCUT2D eigenvalue weighted by Gasteiger charge is -2.28. The van der Waals surface area contributed by atoms with E-state index in [9.17, 15) is 0 Å². The van der Waals surface area contributed by atoms with Crippen molar-refractivity contribution >= 4 is 29.9 Å². The minimum absolute atomic E-state index is 0. The van der Waals surface area contributed by atoms with E-state index >= 15 is 0 Å². The van der Waals surface area contributed by atoms with Crippen molar-refractivity contribution in [3.63, 3.8) is 0 Å². The highest BCUT2D eigenvalue weighted by molar-refractivity contribution is 14.0. The molecule has 0 amide bonds. The van der Waals surface area contributed by atoms with Crippen LogP contribution in [0.25, 0.3) is 0 Å². The Balaban J connectivity index is 0.00000242. The fraction of sp³-hybridized carbons (Fsp3) is 0.588. The molecule has 0 spiro atoms. The second-order valence-electron chi connectivity index (χ2n) is 5.87. The lowest BCUT2D eigenvalue weighted by atomic mass is 10.00. The molecule has 1 atom stereocenters. The lowest BCUT2D eigenvalue weighted by Crippen LogP contribution is -2.38. The van der Waals surface area contributed by atoms with Crippen molar-refractivity contribution < 1.29 is 0 Å². The molecule has 1 unspecified atom stereocenters. The Morgan fingerprint density at radius 1 is 1.36 bits per heavy atom. The first-order chi connectivity index (χ1) is 10.2. The summed E-state index contributed by atoms with van der Waals surface area (Å²) >= 11 is 0. The Kier molecular flexibility index (Phi) is 8.78. The van der Waals surface area contributed by atoms with Crippen molar-refractivity contribution in [2.24, 2.45) is 10.7 Å². The van der Waals surface area contributed by atoms with Crippen LogP contribution >= 0.6 is 24.0 Å². The zero-order chi connectivity index (χ0) is 15.1. The van der Waals surface area contributed by atoms with Crippen molar-refractivity contribution in [3.05, 3.63) is 35.4 Å². The van der Waals surface area contributed by atoms with Crippen LogP contribution < -0.4 is 11.1 Å². The molecule has 0 radical (unpaired) electrons. The summed E-state index contributed by atoms with van der Waals surface area (Å²) in [5, 5.41) is 3.20. The Morgan fingerprint density at radius 3 is 2.82 bits per heavy atom. The van der Waals surface area contributed by atoms with Gasteiger partial charge in [-0.15, -0.1) is 24.0 Å². The fourth-order valence-corrected chi connectivity index (χ4v) is 2.64. The molecule has 1 aliphatic rings. The number of rotatable bonds is 6. The Hall–Kier alpha value is -0.820. The van der Waals surface area contributed by atoms with E-state index in [1.165, 1.54) is 11.1 Å². The number of nitrogens with one attached hydrogen (secondary N) is 1. The van der Waals surface area contributed by atoms with Crippen molar-refractivity contribution in [3.8, 4) is 0 Å². The van der Waals surface area contributed by atoms with Gasteiger partial charge in [-0.3, -0.25) is 9.89 Å². The first-order valence-corrected chi connectivity index (χ1v) is 8.04. The Morgan fingerprint density at radius 2 is 2.09 bits per heavy atom. The number of benzene rings is 1. The molecule has 1 aromatic carbocycles. The van der Waals surface area contributed by atoms with Gasteiger partial charge >= 0.3 is 0 Å². The molecule has 0 aromatic heterocycles. The number of nitrogens with two attached hydrogens (primary N) is 1. The molecule has 22 heavy (non-hydrogen) atoms. The molecule has 5 heteroatoms. The normalized spacial score (nSPS) is 16.5. The summed E-state index contributed by atoms with van der Waals surface area (Å²) in [4.78, 5) is 6.91. The maximum absolute atomic E-state index is 5.86. The van der Waals surface area contributed by atoms with Gasteiger partial charge in [0.15, 0.2) is 5.96 Å². The van der Waals surface area contributed by atoms with Gasteiger partial charge in [0.1, 0.15) is 0 Å². The SMILES string of the molecule is CCC(C)NC(N)=NCCCN1CCc2ccccc2C1.I. The third kappa shape index (κ3) is 6.12. The second kappa shape index (κ2) is 10.0. The number of aliphatic imine (C=N–C) groups is 1. The summed E-state index contributed by atoms with van der Waals surface area (Å²) in [5.74, 6) is 0.577. The first kappa shape index (κ1) is 19.2. The van der Waals surface area contributed by atoms with Gasteiger partial charge in [0.05, 0.1) is 0 Å². The van der Waals surface area contributed by atoms with Crippen LogP contribution in [0.3, 0.4) is 0 Å². The smallest absolute Gasteiger partial charge is 0.188 e. The van der Waals surface area contributed by atoms with Crippen molar-refractivity contribution in [2.45, 2.75) is 45.7 Å². The number of hydrogen-bond acceptors (Lipinski definition) is 2. The highest BCUT2D eigenvalue weighted by Crippen LogP contribution is 2.18. The van der Waals surface area contributed by atoms with Crippen molar-refractivity contribution in [1.82, 2.24) is 10.2 Å². The third-order valence-corrected chi connectivity index (χ3v) is 4.13. The van der Waals surface area contributed by atoms with Crippen LogP contribution in [0, 0.1) is 0 Å². The fourth-order valence-electron chi connectivity index (χ4n) is 2.64. The van der Waals surface area contributed by atoms with Gasteiger partial charge < -0.3 is 11.1 Å². The van der Waals surface area contributed by atoms with Gasteiger partial charge in [0.2, 0.25) is 0 Å². The summed E-state index contributed by atoms with van der Waals surface area (Å²) in [6.07, 6.45) is 3.28. The monoisotopic (exact) mass is 416 g/mol. The standard InChI is InChI=1S/C17H28N4.HI/c1-3-14(2)20-17(18)19-10-6-11-21-12-9-15-7-4-5-8-16(15)13-21;/h4-5,7-8,14H,3,6,9-13H2,1-2H3,(H3,18,19,20);1H. The van der Waals surface area contributed by atoms with E-state index in [4.69, 9.17) is 5.73 Å². The Bertz CT molecular complexity index is 475. The molecule has 1 aliphatic heterocycles. The lowest BCUT2D eigenvalue weighted by molar-refractivity contribution is 0.252. The van der Waals surface area contributed by atoms with Crippen molar-refractivity contribution in [2.75, 3.05) is 19.6 Å². The first-order valence-electron chi connectivity index (χ1n) is 8.04. The molecule has 0 bridgehead atoms. The molecule has 3 N–H and O–H groups in total. The molecule has 0 saturated carbocycles. The number of halogens is 1. The molecule has 0 saturated heterocycles. The van der Waals surface area contributed by atoms with E-state index in [0.717, 1.165) is 45.4 Å². The van der Waals surface area contributed by atoms with Gasteiger partial charge in [0, 0.05) is 32.2 Å². The summed E-state index contributed by atoms with van der Waals surface area (Å²) in [6.45, 7) is 8.37. The zero-order valence-corrected chi connectivity index (χ0v) is 16.0. The maximum Gasteiger partial charge on any atom is 0.188 e. The average molecular weight is 416 g/mol. The van der Waals surface area contributed by atoms with Crippen molar-refractivity contribution in [1.29, 1.82) is 0 Å². The van der Waals surface area contributed by atoms with Crippen LogP contribution in [0.2, 0.25) is 0 Å². The Labute approximate surface area is 151 Å². The molecular weight excluding hydrogens is 387 g/mol. The number of guanidine groups is 1. The van der Waals surface area contributed by atoms with E-state index in [2.05, 4.69) is 53.3 Å². The van der Waals surface area contributed by atoms with Crippen LogP contribution in [-0.4, -0.2) is 36.5 Å². The number of fused-ring (bicyclic) bond motifs is 1. The topological polar surface area (TPSA) is 53.6 Å². The highest BCUT2D eigenvalue weighted by Gasteiger charge is 2.14. The van der Waals surface area contributed by atoms with Gasteiger partial charge in [-0.2, -0.15) is 0 Å². The van der Waals surface area contributed by atoms with E-state index in [1.54, 1.807) is 0 Å². The largest absolute Gasteiger partial charge is 0.370 e. The minimum Gasteiger partial charge on any atom is -0.370 e. The van der Waals surface area contributed by atoms with Gasteiger partial charge in [0.25, 0.3) is 0 Å². The maximum atomic E-state index is 5.86. The third-order valence-electron chi connectivity index (χ3n) is 4.13. The predicted molar refractivity (Wildman–Crippen MR) is 105 cm³/mol. The highest BCUT2D eigenvalue weighted by atomic mass is 127. The summed E-state index contributed by atoms with van der Waals surface area (Å²) < 4.78 is 0. The van der Waals surface area contributed by atoms with E-state index < -0.39 is 0 Å². The quantitative estimate of drug-likeness (QED) is 0.325. The number of hydrogen-bond donors (Lipinski definition) is 2. The minimum atomic E-state index is 0. The zero-order valence-electron chi connectivity index (χ0n) is 13.7. The van der Waals surface area contributed by atoms with Crippen LogP contribution in [0.1, 0.15) is 37.8 Å². The summed E-state index contributed by atoms with van der Waals surface area (Å²) in [6, 6.07) is 9.16. The van der Waals surface area contributed by atoms with Crippen LogP contribution in [-0.2, 0) is 13.0 Å². The molecule has 0 aliphatic carbocycles. The van der Waals surface area contributed by atoms with Gasteiger partial charge in [-0.1, -0.05) is 31.2 Å². The molecule has 124 valence electrons. The van der Waals surface area contributed by atoms with Crippen LogP contribution in [0.15, 0.2) is 29.3 Å². The van der Waals surface area contributed by atoms with Gasteiger partial charge in [-0.05, 0) is 37.3 Å². The van der Waals surface area contributed by atoms with E-state index in [0.29, 0.717) is 12.0 Å². The summed E-state index contributed by atoms with van der Waals surface area (Å²) in [7, 11) is 0. The molecule has 0 fully saturated rings. The predicted octanol–water partition coefficient (Wildman–Crippen LogP) is 2.76. The average Bonchev–Trinajstić information content (AvgIpc) is 2.51. The molecular formula is C17H29IN4. The number of nitrogens with zero attached hydrogens (tertiary/aromatic N) is 2. The second-order valence-corrected chi connectivity index (χ2v) is 5.87. The van der Waals surface area contributed by atoms with Crippen LogP contribution in [0.4, 0.5) is 0 Å². The molecule has 4 nitrogen and oxygen atoms in total.